The zero-order chi connectivity index (χ0) is 29.5. The Kier molecular flexibility index (Phi) is 5.16. The van der Waals surface area contributed by atoms with Crippen LogP contribution in [0.15, 0.2) is 150 Å². The smallest absolute Gasteiger partial charge is 0.227 e. The molecule has 0 saturated heterocycles. The molecule has 7 aromatic carbocycles. The van der Waals surface area contributed by atoms with E-state index in [2.05, 4.69) is 150 Å². The van der Waals surface area contributed by atoms with Crippen molar-refractivity contribution in [1.82, 2.24) is 9.55 Å². The lowest BCUT2D eigenvalue weighted by Crippen LogP contribution is -1.93. The second-order valence-electron chi connectivity index (χ2n) is 11.6. The van der Waals surface area contributed by atoms with Crippen molar-refractivity contribution in [3.63, 3.8) is 0 Å². The molecule has 0 aliphatic heterocycles. The number of hydrogen-bond donors (Lipinski definition) is 0. The molecule has 10 aromatic rings. The van der Waals surface area contributed by atoms with Gasteiger partial charge in [0.15, 0.2) is 5.58 Å². The van der Waals surface area contributed by atoms with Crippen molar-refractivity contribution >= 4 is 75.2 Å². The molecule has 3 heterocycles. The average molecular weight is 593 g/mol. The first kappa shape index (κ1) is 24.7. The fraction of sp³-hybridized carbons (Fsp3) is 0. The maximum Gasteiger partial charge on any atom is 0.227 e. The second kappa shape index (κ2) is 9.39. The zero-order valence-electron chi connectivity index (χ0n) is 24.1. The fourth-order valence-corrected chi connectivity index (χ4v) is 8.05. The number of thiophene rings is 1. The van der Waals surface area contributed by atoms with E-state index in [9.17, 15) is 0 Å². The van der Waals surface area contributed by atoms with Crippen molar-refractivity contribution in [1.29, 1.82) is 0 Å². The lowest BCUT2D eigenvalue weighted by atomic mass is 10.0. The molecule has 0 radical (unpaired) electrons. The number of rotatable bonds is 3. The quantitative estimate of drug-likeness (QED) is 0.204. The Morgan fingerprint density at radius 2 is 1.27 bits per heavy atom. The minimum absolute atomic E-state index is 0.635. The van der Waals surface area contributed by atoms with Gasteiger partial charge in [-0.15, -0.1) is 11.3 Å². The number of nitrogens with zero attached hydrogens (tertiary/aromatic N) is 2. The van der Waals surface area contributed by atoms with Crippen LogP contribution < -0.4 is 0 Å². The summed E-state index contributed by atoms with van der Waals surface area (Å²) >= 11 is 1.80. The maximum atomic E-state index is 6.40. The molecule has 0 amide bonds. The first-order chi connectivity index (χ1) is 22.3. The number of fused-ring (bicyclic) bond motifs is 10. The summed E-state index contributed by atoms with van der Waals surface area (Å²) in [6, 6.07) is 51.8. The van der Waals surface area contributed by atoms with Crippen LogP contribution in [0.2, 0.25) is 0 Å². The number of aromatic nitrogens is 2. The monoisotopic (exact) mass is 592 g/mol. The van der Waals surface area contributed by atoms with Gasteiger partial charge in [0.2, 0.25) is 5.89 Å². The molecule has 45 heavy (non-hydrogen) atoms. The first-order valence-electron chi connectivity index (χ1n) is 15.1. The zero-order valence-corrected chi connectivity index (χ0v) is 24.9. The minimum atomic E-state index is 0.635. The molecule has 0 bridgehead atoms. The summed E-state index contributed by atoms with van der Waals surface area (Å²) in [5, 5.41) is 7.45. The van der Waals surface area contributed by atoms with Crippen molar-refractivity contribution in [3.8, 4) is 28.3 Å². The summed E-state index contributed by atoms with van der Waals surface area (Å²) < 4.78 is 11.2. The Morgan fingerprint density at radius 3 is 2.16 bits per heavy atom. The summed E-state index contributed by atoms with van der Waals surface area (Å²) in [6.07, 6.45) is 0. The lowest BCUT2D eigenvalue weighted by molar-refractivity contribution is 0.620. The van der Waals surface area contributed by atoms with E-state index in [1.165, 1.54) is 58.5 Å². The van der Waals surface area contributed by atoms with E-state index < -0.39 is 0 Å². The van der Waals surface area contributed by atoms with Gasteiger partial charge in [0.25, 0.3) is 0 Å². The Labute approximate surface area is 262 Å². The van der Waals surface area contributed by atoms with Gasteiger partial charge in [0.1, 0.15) is 5.52 Å². The third kappa shape index (κ3) is 3.67. The van der Waals surface area contributed by atoms with Gasteiger partial charge in [-0.2, -0.15) is 0 Å². The van der Waals surface area contributed by atoms with E-state index in [1.807, 2.05) is 0 Å². The normalized spacial score (nSPS) is 12.0. The number of oxazole rings is 1. The maximum absolute atomic E-state index is 6.40. The molecule has 4 heteroatoms. The van der Waals surface area contributed by atoms with Crippen LogP contribution in [0.4, 0.5) is 0 Å². The van der Waals surface area contributed by atoms with Gasteiger partial charge in [-0.05, 0) is 82.6 Å². The van der Waals surface area contributed by atoms with Crippen molar-refractivity contribution in [2.24, 2.45) is 0 Å². The van der Waals surface area contributed by atoms with Crippen LogP contribution in [0.5, 0.6) is 0 Å². The third-order valence-corrected chi connectivity index (χ3v) is 10.2. The van der Waals surface area contributed by atoms with Gasteiger partial charge in [-0.3, -0.25) is 0 Å². The predicted molar refractivity (Wildman–Crippen MR) is 190 cm³/mol. The number of para-hydroxylation sites is 1. The highest BCUT2D eigenvalue weighted by atomic mass is 32.1. The summed E-state index contributed by atoms with van der Waals surface area (Å²) in [5.74, 6) is 0.635. The first-order valence-corrected chi connectivity index (χ1v) is 15.9. The topological polar surface area (TPSA) is 31.0 Å². The van der Waals surface area contributed by atoms with Crippen LogP contribution in [-0.4, -0.2) is 9.55 Å². The van der Waals surface area contributed by atoms with Gasteiger partial charge in [-0.1, -0.05) is 84.9 Å². The van der Waals surface area contributed by atoms with E-state index >= 15 is 0 Å². The summed E-state index contributed by atoms with van der Waals surface area (Å²) in [4.78, 5) is 5.10. The molecule has 0 aliphatic carbocycles. The summed E-state index contributed by atoms with van der Waals surface area (Å²) in [7, 11) is 0. The van der Waals surface area contributed by atoms with E-state index in [4.69, 9.17) is 9.40 Å². The highest BCUT2D eigenvalue weighted by Gasteiger charge is 2.18. The number of benzene rings is 7. The predicted octanol–water partition coefficient (Wildman–Crippen LogP) is 11.8. The van der Waals surface area contributed by atoms with Gasteiger partial charge in [0.05, 0.1) is 11.0 Å². The molecule has 0 N–H and O–H groups in total. The molecule has 0 atom stereocenters. The average Bonchev–Trinajstić information content (AvgIpc) is 3.80. The van der Waals surface area contributed by atoms with Crippen LogP contribution in [-0.2, 0) is 0 Å². The molecule has 0 fully saturated rings. The summed E-state index contributed by atoms with van der Waals surface area (Å²) in [5.41, 5.74) is 8.60. The lowest BCUT2D eigenvalue weighted by Gasteiger charge is -2.09. The van der Waals surface area contributed by atoms with Gasteiger partial charge >= 0.3 is 0 Å². The van der Waals surface area contributed by atoms with E-state index in [1.54, 1.807) is 11.3 Å². The largest absolute Gasteiger partial charge is 0.436 e. The van der Waals surface area contributed by atoms with Gasteiger partial charge < -0.3 is 8.98 Å². The van der Waals surface area contributed by atoms with Crippen LogP contribution in [0.3, 0.4) is 0 Å². The SMILES string of the molecule is c1ccc(-c2ccc3sc4ccc5oc(-c6ccc(-n7c8ccccc8c8c9ccccc9ccc87)cc6)nc5c4c3c2)cc1. The molecule has 3 nitrogen and oxygen atoms in total. The van der Waals surface area contributed by atoms with E-state index in [-0.39, 0.29) is 0 Å². The number of hydrogen-bond acceptors (Lipinski definition) is 3. The van der Waals surface area contributed by atoms with Crippen molar-refractivity contribution in [2.45, 2.75) is 0 Å². The molecule has 0 saturated carbocycles. The van der Waals surface area contributed by atoms with E-state index in [0.29, 0.717) is 5.89 Å². The molecule has 0 spiro atoms. The highest BCUT2D eigenvalue weighted by molar-refractivity contribution is 7.26. The Hall–Kier alpha value is -5.71. The van der Waals surface area contributed by atoms with Crippen molar-refractivity contribution < 1.29 is 4.42 Å². The Balaban J connectivity index is 1.11. The third-order valence-electron chi connectivity index (χ3n) is 9.03. The molecular weight excluding hydrogens is 569 g/mol. The fourth-order valence-electron chi connectivity index (χ4n) is 6.96. The minimum Gasteiger partial charge on any atom is -0.436 e. The van der Waals surface area contributed by atoms with Crippen LogP contribution in [0.25, 0.3) is 92.1 Å². The highest BCUT2D eigenvalue weighted by Crippen LogP contribution is 2.41. The van der Waals surface area contributed by atoms with Crippen LogP contribution >= 0.6 is 11.3 Å². The molecule has 3 aromatic heterocycles. The van der Waals surface area contributed by atoms with Crippen molar-refractivity contribution in [2.75, 3.05) is 0 Å². The van der Waals surface area contributed by atoms with Gasteiger partial charge in [-0.25, -0.2) is 4.98 Å². The molecule has 210 valence electrons. The standard InChI is InChI=1S/C41H24N2OS/c1-2-8-25(9-3-1)28-17-22-36-32(24-28)39-37(45-36)23-21-35-40(39)42-41(44-35)27-14-18-29(19-15-27)43-33-13-7-6-12-31(33)38-30-11-5-4-10-26(30)16-20-34(38)43/h1-24H. The van der Waals surface area contributed by atoms with Crippen LogP contribution in [0, 0.1) is 0 Å². The van der Waals surface area contributed by atoms with Crippen LogP contribution in [0.1, 0.15) is 0 Å². The summed E-state index contributed by atoms with van der Waals surface area (Å²) in [6.45, 7) is 0. The Bertz CT molecular complexity index is 2750. The van der Waals surface area contributed by atoms with E-state index in [0.717, 1.165) is 27.7 Å². The van der Waals surface area contributed by atoms with Gasteiger partial charge in [0, 0.05) is 42.2 Å². The van der Waals surface area contributed by atoms with Crippen molar-refractivity contribution in [3.05, 3.63) is 146 Å². The second-order valence-corrected chi connectivity index (χ2v) is 12.6. The molecular formula is C41H24N2OS. The molecule has 0 unspecified atom stereocenters. The Morgan fingerprint density at radius 1 is 0.511 bits per heavy atom. The molecule has 10 rings (SSSR count). The molecule has 0 aliphatic rings.